The van der Waals surface area contributed by atoms with Crippen LogP contribution in [-0.2, 0) is 16.1 Å². The second kappa shape index (κ2) is 8.31. The summed E-state index contributed by atoms with van der Waals surface area (Å²) in [5, 5.41) is 9.20. The summed E-state index contributed by atoms with van der Waals surface area (Å²) in [5.74, 6) is 0.451. The molecule has 3 heterocycles. The van der Waals surface area contributed by atoms with Gasteiger partial charge in [-0.25, -0.2) is 0 Å². The van der Waals surface area contributed by atoms with Crippen LogP contribution in [-0.4, -0.2) is 55.3 Å². The van der Waals surface area contributed by atoms with Gasteiger partial charge in [0.05, 0.1) is 11.7 Å². The van der Waals surface area contributed by atoms with Gasteiger partial charge in [0.1, 0.15) is 0 Å². The summed E-state index contributed by atoms with van der Waals surface area (Å²) >= 11 is 1.36. The van der Waals surface area contributed by atoms with Crippen molar-refractivity contribution in [2.75, 3.05) is 18.8 Å². The summed E-state index contributed by atoms with van der Waals surface area (Å²) in [4.78, 5) is 29.6. The first kappa shape index (κ1) is 18.4. The van der Waals surface area contributed by atoms with E-state index in [-0.39, 0.29) is 23.5 Å². The van der Waals surface area contributed by atoms with Crippen LogP contribution in [0.5, 0.6) is 0 Å². The Morgan fingerprint density at radius 1 is 1.31 bits per heavy atom. The molecule has 0 saturated carbocycles. The SMILES string of the molecule is CCn1c(SCC(=O)N2CCC[C@@H](C(N)=O)C2)nnc1-c1ccncc1. The van der Waals surface area contributed by atoms with Gasteiger partial charge >= 0.3 is 0 Å². The second-order valence-corrected chi connectivity index (χ2v) is 7.10. The molecule has 9 heteroatoms. The molecule has 0 aliphatic carbocycles. The Morgan fingerprint density at radius 3 is 2.77 bits per heavy atom. The normalized spacial score (nSPS) is 17.3. The Balaban J connectivity index is 1.65. The minimum Gasteiger partial charge on any atom is -0.369 e. The molecule has 2 N–H and O–H groups in total. The first-order valence-electron chi connectivity index (χ1n) is 8.63. The number of likely N-dealkylation sites (tertiary alicyclic amines) is 1. The molecule has 1 saturated heterocycles. The minimum atomic E-state index is -0.331. The van der Waals surface area contributed by atoms with Crippen molar-refractivity contribution in [3.63, 3.8) is 0 Å². The number of rotatable bonds is 6. The van der Waals surface area contributed by atoms with Gasteiger partial charge in [-0.2, -0.15) is 0 Å². The van der Waals surface area contributed by atoms with Crippen LogP contribution in [0.1, 0.15) is 19.8 Å². The number of amides is 2. The van der Waals surface area contributed by atoms with Crippen LogP contribution in [0.3, 0.4) is 0 Å². The maximum Gasteiger partial charge on any atom is 0.233 e. The van der Waals surface area contributed by atoms with Crippen LogP contribution in [0.2, 0.25) is 0 Å². The summed E-state index contributed by atoms with van der Waals surface area (Å²) in [6, 6.07) is 3.76. The summed E-state index contributed by atoms with van der Waals surface area (Å²) < 4.78 is 1.98. The lowest BCUT2D eigenvalue weighted by atomic mass is 9.97. The molecule has 1 aliphatic rings. The first-order valence-corrected chi connectivity index (χ1v) is 9.62. The molecule has 1 fully saturated rings. The number of carbonyl (C=O) groups excluding carboxylic acids is 2. The molecule has 1 atom stereocenters. The molecule has 2 amide bonds. The number of primary amides is 1. The smallest absolute Gasteiger partial charge is 0.233 e. The molecule has 26 heavy (non-hydrogen) atoms. The predicted molar refractivity (Wildman–Crippen MR) is 98.1 cm³/mol. The Kier molecular flexibility index (Phi) is 5.87. The lowest BCUT2D eigenvalue weighted by molar-refractivity contribution is -0.132. The van der Waals surface area contributed by atoms with Gasteiger partial charge in [-0.05, 0) is 31.9 Å². The molecule has 2 aromatic rings. The number of piperidine rings is 1. The minimum absolute atomic E-state index is 0.00272. The van der Waals surface area contributed by atoms with Crippen molar-refractivity contribution >= 4 is 23.6 Å². The average molecular weight is 374 g/mol. The van der Waals surface area contributed by atoms with Crippen LogP contribution in [0, 0.1) is 5.92 Å². The van der Waals surface area contributed by atoms with Crippen molar-refractivity contribution in [1.82, 2.24) is 24.6 Å². The Bertz CT molecular complexity index is 779. The zero-order valence-electron chi connectivity index (χ0n) is 14.7. The molecule has 138 valence electrons. The van der Waals surface area contributed by atoms with Crippen molar-refractivity contribution in [2.45, 2.75) is 31.5 Å². The lowest BCUT2D eigenvalue weighted by Crippen LogP contribution is -2.44. The van der Waals surface area contributed by atoms with Gasteiger partial charge in [0.2, 0.25) is 11.8 Å². The summed E-state index contributed by atoms with van der Waals surface area (Å²) in [7, 11) is 0. The van der Waals surface area contributed by atoms with Gasteiger partial charge in [-0.3, -0.25) is 14.6 Å². The van der Waals surface area contributed by atoms with Crippen LogP contribution in [0.4, 0.5) is 0 Å². The van der Waals surface area contributed by atoms with Gasteiger partial charge < -0.3 is 15.2 Å². The van der Waals surface area contributed by atoms with Gasteiger partial charge in [0.25, 0.3) is 0 Å². The highest BCUT2D eigenvalue weighted by Gasteiger charge is 2.27. The lowest BCUT2D eigenvalue weighted by Gasteiger charge is -2.31. The van der Waals surface area contributed by atoms with E-state index in [1.165, 1.54) is 11.8 Å². The number of nitrogens with two attached hydrogens (primary N) is 1. The van der Waals surface area contributed by atoms with Gasteiger partial charge in [0, 0.05) is 37.6 Å². The van der Waals surface area contributed by atoms with Crippen molar-refractivity contribution in [3.8, 4) is 11.4 Å². The monoisotopic (exact) mass is 374 g/mol. The molecule has 8 nitrogen and oxygen atoms in total. The molecule has 0 spiro atoms. The quantitative estimate of drug-likeness (QED) is 0.761. The fraction of sp³-hybridized carbons (Fsp3) is 0.471. The summed E-state index contributed by atoms with van der Waals surface area (Å²) in [5.41, 5.74) is 6.32. The fourth-order valence-electron chi connectivity index (χ4n) is 3.05. The number of hydrogen-bond acceptors (Lipinski definition) is 6. The zero-order valence-corrected chi connectivity index (χ0v) is 15.5. The molecular weight excluding hydrogens is 352 g/mol. The van der Waals surface area contributed by atoms with Crippen molar-refractivity contribution in [3.05, 3.63) is 24.5 Å². The third-order valence-corrected chi connectivity index (χ3v) is 5.42. The standard InChI is InChI=1S/C17H22N6O2S/c1-2-23-16(12-5-7-19-8-6-12)20-21-17(23)26-11-14(24)22-9-3-4-13(10-22)15(18)25/h5-8,13H,2-4,9-11H2,1H3,(H2,18,25)/t13-/m1/s1. The second-order valence-electron chi connectivity index (χ2n) is 6.16. The highest BCUT2D eigenvalue weighted by molar-refractivity contribution is 7.99. The third kappa shape index (κ3) is 4.04. The van der Waals surface area contributed by atoms with E-state index in [0.717, 1.165) is 24.2 Å². The number of aromatic nitrogens is 4. The maximum absolute atomic E-state index is 12.5. The van der Waals surface area contributed by atoms with Gasteiger partial charge in [0.15, 0.2) is 11.0 Å². The molecule has 0 unspecified atom stereocenters. The number of carbonyl (C=O) groups is 2. The Morgan fingerprint density at radius 2 is 2.08 bits per heavy atom. The molecule has 0 radical (unpaired) electrons. The molecule has 1 aliphatic heterocycles. The topological polar surface area (TPSA) is 107 Å². The van der Waals surface area contributed by atoms with E-state index in [1.54, 1.807) is 17.3 Å². The van der Waals surface area contributed by atoms with E-state index in [2.05, 4.69) is 15.2 Å². The molecule has 0 bridgehead atoms. The van der Waals surface area contributed by atoms with E-state index < -0.39 is 0 Å². The van der Waals surface area contributed by atoms with Crippen LogP contribution < -0.4 is 5.73 Å². The summed E-state index contributed by atoms with van der Waals surface area (Å²) in [6.07, 6.45) is 4.99. The molecule has 2 aromatic heterocycles. The van der Waals surface area contributed by atoms with Crippen LogP contribution in [0.15, 0.2) is 29.7 Å². The van der Waals surface area contributed by atoms with Gasteiger partial charge in [-0.1, -0.05) is 11.8 Å². The van der Waals surface area contributed by atoms with Crippen LogP contribution >= 0.6 is 11.8 Å². The van der Waals surface area contributed by atoms with E-state index in [4.69, 9.17) is 5.73 Å². The van der Waals surface area contributed by atoms with Gasteiger partial charge in [-0.15, -0.1) is 10.2 Å². The molecule has 3 rings (SSSR count). The van der Waals surface area contributed by atoms with E-state index >= 15 is 0 Å². The largest absolute Gasteiger partial charge is 0.369 e. The Hall–Kier alpha value is -2.42. The average Bonchev–Trinajstić information content (AvgIpc) is 3.09. The van der Waals surface area contributed by atoms with E-state index in [9.17, 15) is 9.59 Å². The molecule has 0 aromatic carbocycles. The number of thioether (sulfide) groups is 1. The summed E-state index contributed by atoms with van der Waals surface area (Å²) in [6.45, 7) is 3.81. The van der Waals surface area contributed by atoms with E-state index in [0.29, 0.717) is 24.8 Å². The highest BCUT2D eigenvalue weighted by Crippen LogP contribution is 2.24. The van der Waals surface area contributed by atoms with Crippen molar-refractivity contribution < 1.29 is 9.59 Å². The number of hydrogen-bond donors (Lipinski definition) is 1. The Labute approximate surface area is 156 Å². The number of nitrogens with zero attached hydrogens (tertiary/aromatic N) is 5. The van der Waals surface area contributed by atoms with Crippen molar-refractivity contribution in [1.29, 1.82) is 0 Å². The van der Waals surface area contributed by atoms with E-state index in [1.807, 2.05) is 23.6 Å². The number of pyridine rings is 1. The molecular formula is C17H22N6O2S. The fourth-order valence-corrected chi connectivity index (χ4v) is 3.95. The third-order valence-electron chi connectivity index (χ3n) is 4.47. The van der Waals surface area contributed by atoms with Crippen molar-refractivity contribution in [2.24, 2.45) is 11.7 Å². The first-order chi connectivity index (χ1) is 12.6. The maximum atomic E-state index is 12.5. The van der Waals surface area contributed by atoms with Crippen LogP contribution in [0.25, 0.3) is 11.4 Å². The predicted octanol–water partition coefficient (Wildman–Crippen LogP) is 1.18. The highest BCUT2D eigenvalue weighted by atomic mass is 32.2. The zero-order chi connectivity index (χ0) is 18.5.